The van der Waals surface area contributed by atoms with Crippen molar-refractivity contribution in [3.05, 3.63) is 36.0 Å². The number of hydrogen-bond acceptors (Lipinski definition) is 3. The van der Waals surface area contributed by atoms with Crippen molar-refractivity contribution in [3.8, 4) is 0 Å². The Morgan fingerprint density at radius 2 is 1.93 bits per heavy atom. The number of carbonyl (C=O) groups is 2. The lowest BCUT2D eigenvalue weighted by Crippen LogP contribution is -2.70. The van der Waals surface area contributed by atoms with Gasteiger partial charge in [-0.1, -0.05) is 18.2 Å². The van der Waals surface area contributed by atoms with Crippen LogP contribution in [0.3, 0.4) is 0 Å². The minimum atomic E-state index is -0.326. The number of hydrogen-bond donors (Lipinski definition) is 1. The fourth-order valence-electron chi connectivity index (χ4n) is 4.62. The summed E-state index contributed by atoms with van der Waals surface area (Å²) in [4.78, 5) is 32.2. The van der Waals surface area contributed by atoms with E-state index in [2.05, 4.69) is 4.98 Å². The van der Waals surface area contributed by atoms with Crippen molar-refractivity contribution >= 4 is 22.7 Å². The molecule has 27 heavy (non-hydrogen) atoms. The van der Waals surface area contributed by atoms with Crippen LogP contribution in [0.15, 0.2) is 30.3 Å². The summed E-state index contributed by atoms with van der Waals surface area (Å²) in [6, 6.07) is 10.2. The Labute approximate surface area is 159 Å². The van der Waals surface area contributed by atoms with Gasteiger partial charge in [0.15, 0.2) is 6.10 Å². The molecule has 2 aromatic rings. The molecule has 144 valence electrons. The second-order valence-corrected chi connectivity index (χ2v) is 7.89. The molecule has 0 unspecified atom stereocenters. The Hall–Kier alpha value is -2.34. The number of ether oxygens (including phenoxy) is 1. The SMILES string of the molecule is CO[C@H]1C(=O)N(C(C)C)[C@H]1C1CCN(C(=O)c2cc3ccccc3[nH]2)CC1. The molecule has 2 aliphatic heterocycles. The molecule has 0 radical (unpaired) electrons. The molecular formula is C21H27N3O3. The highest BCUT2D eigenvalue weighted by molar-refractivity contribution is 5.98. The predicted octanol–water partition coefficient (Wildman–Crippen LogP) is 2.65. The predicted molar refractivity (Wildman–Crippen MR) is 103 cm³/mol. The van der Waals surface area contributed by atoms with Gasteiger partial charge in [0.05, 0.1) is 6.04 Å². The number of fused-ring (bicyclic) bond motifs is 1. The van der Waals surface area contributed by atoms with E-state index in [1.165, 1.54) is 0 Å². The number of benzene rings is 1. The third-order valence-corrected chi connectivity index (χ3v) is 6.01. The van der Waals surface area contributed by atoms with Gasteiger partial charge in [-0.3, -0.25) is 9.59 Å². The number of amides is 2. The monoisotopic (exact) mass is 369 g/mol. The highest BCUT2D eigenvalue weighted by Crippen LogP contribution is 2.36. The second-order valence-electron chi connectivity index (χ2n) is 7.89. The third-order valence-electron chi connectivity index (χ3n) is 6.01. The van der Waals surface area contributed by atoms with Crippen molar-refractivity contribution in [2.75, 3.05) is 20.2 Å². The highest BCUT2D eigenvalue weighted by atomic mass is 16.5. The van der Waals surface area contributed by atoms with Crippen molar-refractivity contribution < 1.29 is 14.3 Å². The molecule has 0 bridgehead atoms. The summed E-state index contributed by atoms with van der Waals surface area (Å²) in [6.07, 6.45) is 1.47. The number of likely N-dealkylation sites (tertiary alicyclic amines) is 2. The molecule has 0 saturated carbocycles. The van der Waals surface area contributed by atoms with E-state index in [-0.39, 0.29) is 30.0 Å². The Balaban J connectivity index is 1.42. The topological polar surface area (TPSA) is 65.6 Å². The zero-order valence-corrected chi connectivity index (χ0v) is 16.1. The number of aromatic nitrogens is 1. The molecule has 1 aromatic heterocycles. The molecule has 6 nitrogen and oxygen atoms in total. The summed E-state index contributed by atoms with van der Waals surface area (Å²) < 4.78 is 5.45. The lowest BCUT2D eigenvalue weighted by Gasteiger charge is -2.53. The normalized spacial score (nSPS) is 23.9. The number of H-pyrrole nitrogens is 1. The molecule has 2 fully saturated rings. The Bertz CT molecular complexity index is 818. The van der Waals surface area contributed by atoms with Crippen LogP contribution in [-0.2, 0) is 9.53 Å². The van der Waals surface area contributed by atoms with Crippen LogP contribution in [0, 0.1) is 5.92 Å². The molecule has 0 aliphatic carbocycles. The molecule has 2 amide bonds. The smallest absolute Gasteiger partial charge is 0.270 e. The summed E-state index contributed by atoms with van der Waals surface area (Å²) in [5, 5.41) is 1.05. The van der Waals surface area contributed by atoms with Gasteiger partial charge in [-0.05, 0) is 44.7 Å². The van der Waals surface area contributed by atoms with E-state index in [0.29, 0.717) is 24.7 Å². The molecule has 3 heterocycles. The first kappa shape index (κ1) is 18.0. The first-order chi connectivity index (χ1) is 13.0. The largest absolute Gasteiger partial charge is 0.369 e. The Morgan fingerprint density at radius 1 is 1.22 bits per heavy atom. The fourth-order valence-corrected chi connectivity index (χ4v) is 4.62. The molecule has 2 aliphatic rings. The second kappa shape index (κ2) is 7.00. The van der Waals surface area contributed by atoms with Crippen molar-refractivity contribution in [2.45, 2.75) is 44.9 Å². The van der Waals surface area contributed by atoms with Crippen LogP contribution in [0.25, 0.3) is 10.9 Å². The summed E-state index contributed by atoms with van der Waals surface area (Å²) >= 11 is 0. The first-order valence-corrected chi connectivity index (χ1v) is 9.73. The average molecular weight is 369 g/mol. The van der Waals surface area contributed by atoms with Crippen LogP contribution < -0.4 is 0 Å². The molecule has 0 spiro atoms. The number of rotatable bonds is 4. The van der Waals surface area contributed by atoms with E-state index in [1.54, 1.807) is 7.11 Å². The van der Waals surface area contributed by atoms with Gasteiger partial charge >= 0.3 is 0 Å². The minimum Gasteiger partial charge on any atom is -0.369 e. The maximum absolute atomic E-state index is 12.9. The molecule has 2 saturated heterocycles. The molecule has 1 aromatic carbocycles. The van der Waals surface area contributed by atoms with E-state index >= 15 is 0 Å². The van der Waals surface area contributed by atoms with Crippen molar-refractivity contribution in [1.82, 2.24) is 14.8 Å². The standard InChI is InChI=1S/C21H27N3O3/c1-13(2)24-18(19(27-3)21(24)26)14-8-10-23(11-9-14)20(25)17-12-15-6-4-5-7-16(15)22-17/h4-7,12-14,18-19,22H,8-11H2,1-3H3/t18-,19+/m0/s1. The lowest BCUT2D eigenvalue weighted by atomic mass is 9.79. The Kier molecular flexibility index (Phi) is 4.68. The van der Waals surface area contributed by atoms with Crippen LogP contribution in [0.5, 0.6) is 0 Å². The van der Waals surface area contributed by atoms with E-state index in [9.17, 15) is 9.59 Å². The average Bonchev–Trinajstić information content (AvgIpc) is 3.10. The Morgan fingerprint density at radius 3 is 2.56 bits per heavy atom. The first-order valence-electron chi connectivity index (χ1n) is 9.73. The van der Waals surface area contributed by atoms with Crippen LogP contribution >= 0.6 is 0 Å². The number of β-lactam (4-membered cyclic amide) rings is 1. The van der Waals surface area contributed by atoms with Crippen molar-refractivity contribution in [3.63, 3.8) is 0 Å². The lowest BCUT2D eigenvalue weighted by molar-refractivity contribution is -0.181. The van der Waals surface area contributed by atoms with Gasteiger partial charge in [0.25, 0.3) is 11.8 Å². The van der Waals surface area contributed by atoms with Crippen LogP contribution in [0.1, 0.15) is 37.2 Å². The maximum atomic E-state index is 12.9. The fraction of sp³-hybridized carbons (Fsp3) is 0.524. The quantitative estimate of drug-likeness (QED) is 0.843. The van der Waals surface area contributed by atoms with E-state index < -0.39 is 0 Å². The van der Waals surface area contributed by atoms with Gasteiger partial charge in [0.2, 0.25) is 0 Å². The third kappa shape index (κ3) is 3.02. The summed E-state index contributed by atoms with van der Waals surface area (Å²) in [7, 11) is 1.61. The zero-order valence-electron chi connectivity index (χ0n) is 16.1. The van der Waals surface area contributed by atoms with Gasteiger partial charge in [0.1, 0.15) is 5.69 Å². The minimum absolute atomic E-state index is 0.0540. The molecule has 2 atom stereocenters. The van der Waals surface area contributed by atoms with Gasteiger partial charge in [-0.25, -0.2) is 0 Å². The van der Waals surface area contributed by atoms with Gasteiger partial charge in [0, 0.05) is 37.1 Å². The van der Waals surface area contributed by atoms with Gasteiger partial charge in [-0.15, -0.1) is 0 Å². The number of para-hydroxylation sites is 1. The molecule has 4 rings (SSSR count). The van der Waals surface area contributed by atoms with Gasteiger partial charge in [-0.2, -0.15) is 0 Å². The van der Waals surface area contributed by atoms with E-state index in [0.717, 1.165) is 23.7 Å². The summed E-state index contributed by atoms with van der Waals surface area (Å²) in [5.41, 5.74) is 1.63. The number of aromatic amines is 1. The van der Waals surface area contributed by atoms with Crippen molar-refractivity contribution in [1.29, 1.82) is 0 Å². The maximum Gasteiger partial charge on any atom is 0.270 e. The molecule has 1 N–H and O–H groups in total. The molecular weight excluding hydrogens is 342 g/mol. The molecule has 6 heteroatoms. The number of nitrogens with zero attached hydrogens (tertiary/aromatic N) is 2. The number of nitrogens with one attached hydrogen (secondary N) is 1. The van der Waals surface area contributed by atoms with E-state index in [4.69, 9.17) is 4.74 Å². The van der Waals surface area contributed by atoms with Crippen LogP contribution in [-0.4, -0.2) is 65.0 Å². The number of methoxy groups -OCH3 is 1. The zero-order chi connectivity index (χ0) is 19.1. The van der Waals surface area contributed by atoms with Crippen LogP contribution in [0.4, 0.5) is 0 Å². The number of carbonyl (C=O) groups excluding carboxylic acids is 2. The number of piperidine rings is 1. The van der Waals surface area contributed by atoms with Gasteiger partial charge < -0.3 is 19.5 Å². The summed E-state index contributed by atoms with van der Waals surface area (Å²) in [5.74, 6) is 0.522. The highest BCUT2D eigenvalue weighted by Gasteiger charge is 2.52. The van der Waals surface area contributed by atoms with E-state index in [1.807, 2.05) is 54.0 Å². The summed E-state index contributed by atoms with van der Waals surface area (Å²) in [6.45, 7) is 5.52. The van der Waals surface area contributed by atoms with Crippen molar-refractivity contribution in [2.24, 2.45) is 5.92 Å². The van der Waals surface area contributed by atoms with Crippen LogP contribution in [0.2, 0.25) is 0 Å².